The zero-order valence-corrected chi connectivity index (χ0v) is 34.5. The van der Waals surface area contributed by atoms with Gasteiger partial charge in [-0.25, -0.2) is 9.97 Å². The fourth-order valence-corrected chi connectivity index (χ4v) is 11.0. The summed E-state index contributed by atoms with van der Waals surface area (Å²) in [5.41, 5.74) is 17.8. The number of nitrogens with zero attached hydrogens (tertiary/aromatic N) is 4. The van der Waals surface area contributed by atoms with Gasteiger partial charge in [0.25, 0.3) is 0 Å². The molecule has 2 aromatic heterocycles. The van der Waals surface area contributed by atoms with Crippen molar-refractivity contribution in [1.82, 2.24) is 14.5 Å². The van der Waals surface area contributed by atoms with E-state index in [4.69, 9.17) is 14.7 Å². The van der Waals surface area contributed by atoms with Crippen LogP contribution in [-0.2, 0) is 5.41 Å². The fourth-order valence-electron chi connectivity index (χ4n) is 11.0. The Hall–Kier alpha value is -8.54. The highest BCUT2D eigenvalue weighted by Gasteiger charge is 2.51. The van der Waals surface area contributed by atoms with Crippen molar-refractivity contribution in [3.63, 3.8) is 0 Å². The third kappa shape index (κ3) is 4.72. The molecule has 3 heterocycles. The molecule has 9 aromatic carbocycles. The minimum atomic E-state index is -0.467. The van der Waals surface area contributed by atoms with E-state index in [9.17, 15) is 0 Å². The molecule has 0 saturated carbocycles. The van der Waals surface area contributed by atoms with Crippen LogP contribution in [0.4, 0.5) is 17.1 Å². The number of anilines is 3. The topological polar surface area (TPSA) is 43.2 Å². The maximum absolute atomic E-state index is 6.96. The smallest absolute Gasteiger partial charge is 0.162 e. The molecule has 0 amide bonds. The second-order valence-corrected chi connectivity index (χ2v) is 16.8. The van der Waals surface area contributed by atoms with Gasteiger partial charge in [-0.1, -0.05) is 164 Å². The van der Waals surface area contributed by atoms with Crippen LogP contribution in [0.15, 0.2) is 218 Å². The third-order valence-corrected chi connectivity index (χ3v) is 13.6. The molecule has 0 fully saturated rings. The van der Waals surface area contributed by atoms with Gasteiger partial charge in [-0.3, -0.25) is 4.57 Å². The highest BCUT2D eigenvalue weighted by Crippen LogP contribution is 2.63. The molecule has 3 aliphatic rings. The Morgan fingerprint density at radius 2 is 1.03 bits per heavy atom. The van der Waals surface area contributed by atoms with Gasteiger partial charge in [-0.05, 0) is 93.0 Å². The van der Waals surface area contributed by atoms with Gasteiger partial charge in [0.2, 0.25) is 0 Å². The SMILES string of the molecule is c1ccc(-c2nc(-c3ccc4c(c3)C3(c5ccccc5-c5ccccc53)c3ccccc3-4)cc(-n3c4ccccc4c4c5c(ccc43)N(c3ccccc3)c3ccccc3O5)n2)cc1. The maximum atomic E-state index is 6.96. The average Bonchev–Trinajstić information content (AvgIpc) is 3.98. The van der Waals surface area contributed by atoms with Crippen molar-refractivity contribution in [2.24, 2.45) is 0 Å². The van der Waals surface area contributed by atoms with E-state index in [0.717, 1.165) is 73.0 Å². The van der Waals surface area contributed by atoms with Crippen LogP contribution in [0.25, 0.3) is 72.5 Å². The monoisotopic (exact) mass is 816 g/mol. The molecule has 2 aliphatic carbocycles. The lowest BCUT2D eigenvalue weighted by Gasteiger charge is -2.33. The zero-order valence-electron chi connectivity index (χ0n) is 34.5. The lowest BCUT2D eigenvalue weighted by atomic mass is 9.70. The van der Waals surface area contributed by atoms with E-state index in [2.05, 4.69) is 216 Å². The summed E-state index contributed by atoms with van der Waals surface area (Å²) in [6.07, 6.45) is 0. The Bertz CT molecular complexity index is 3660. The number of hydrogen-bond donors (Lipinski definition) is 0. The Labute approximate surface area is 369 Å². The molecule has 1 aliphatic heterocycles. The predicted molar refractivity (Wildman–Crippen MR) is 258 cm³/mol. The molecule has 11 aromatic rings. The van der Waals surface area contributed by atoms with Crippen molar-refractivity contribution in [2.75, 3.05) is 4.90 Å². The number of aromatic nitrogens is 3. The van der Waals surface area contributed by atoms with E-state index < -0.39 is 5.41 Å². The Kier molecular flexibility index (Phi) is 7.26. The minimum absolute atomic E-state index is 0.467. The molecule has 0 atom stereocenters. The van der Waals surface area contributed by atoms with Gasteiger partial charge in [0.15, 0.2) is 17.3 Å². The number of hydrogen-bond acceptors (Lipinski definition) is 4. The maximum Gasteiger partial charge on any atom is 0.162 e. The molecule has 14 rings (SSSR count). The molecule has 0 unspecified atom stereocenters. The summed E-state index contributed by atoms with van der Waals surface area (Å²) in [5.74, 6) is 3.06. The van der Waals surface area contributed by atoms with Gasteiger partial charge in [-0.15, -0.1) is 0 Å². The normalized spacial score (nSPS) is 13.5. The van der Waals surface area contributed by atoms with Gasteiger partial charge in [0, 0.05) is 28.3 Å². The van der Waals surface area contributed by atoms with Crippen LogP contribution in [0.2, 0.25) is 0 Å². The number of benzene rings is 9. The minimum Gasteiger partial charge on any atom is -0.452 e. The summed E-state index contributed by atoms with van der Waals surface area (Å²) in [6.45, 7) is 0. The molecule has 0 N–H and O–H groups in total. The van der Waals surface area contributed by atoms with Gasteiger partial charge >= 0.3 is 0 Å². The molecule has 298 valence electrons. The summed E-state index contributed by atoms with van der Waals surface area (Å²) in [5, 5.41) is 2.11. The zero-order chi connectivity index (χ0) is 41.9. The molecule has 5 nitrogen and oxygen atoms in total. The Morgan fingerprint density at radius 3 is 1.77 bits per heavy atom. The van der Waals surface area contributed by atoms with Crippen LogP contribution in [0.3, 0.4) is 0 Å². The van der Waals surface area contributed by atoms with E-state index in [-0.39, 0.29) is 0 Å². The number of para-hydroxylation sites is 4. The first-order valence-corrected chi connectivity index (χ1v) is 21.8. The first kappa shape index (κ1) is 35.1. The Morgan fingerprint density at radius 1 is 0.422 bits per heavy atom. The predicted octanol–water partition coefficient (Wildman–Crippen LogP) is 14.8. The van der Waals surface area contributed by atoms with Crippen molar-refractivity contribution in [3.05, 3.63) is 241 Å². The lowest BCUT2D eigenvalue weighted by molar-refractivity contribution is 0.483. The molecule has 1 spiro atoms. The largest absolute Gasteiger partial charge is 0.452 e. The highest BCUT2D eigenvalue weighted by molar-refractivity contribution is 6.15. The average molecular weight is 817 g/mol. The molecular weight excluding hydrogens is 781 g/mol. The van der Waals surface area contributed by atoms with Gasteiger partial charge in [-0.2, -0.15) is 0 Å². The molecule has 64 heavy (non-hydrogen) atoms. The number of rotatable bonds is 4. The first-order valence-electron chi connectivity index (χ1n) is 21.8. The molecule has 5 heteroatoms. The van der Waals surface area contributed by atoms with Gasteiger partial charge in [0.05, 0.1) is 38.9 Å². The van der Waals surface area contributed by atoms with Gasteiger partial charge in [0.1, 0.15) is 5.82 Å². The van der Waals surface area contributed by atoms with Crippen LogP contribution in [0.5, 0.6) is 11.5 Å². The van der Waals surface area contributed by atoms with E-state index in [0.29, 0.717) is 5.82 Å². The number of fused-ring (bicyclic) bond motifs is 16. The standard InChI is InChI=1S/C59H36N4O/c1-3-17-37(18-4-1)58-60-49(38-31-32-43-42-23-9-13-27-47(42)59(48(43)35-38)45-25-11-7-21-40(45)41-22-8-12-26-46(41)59)36-55(61-58)63-50-28-14-10-24-44(50)56-52(63)33-34-53-57(56)64-54-30-16-15-29-51(54)62(53)39-19-5-2-6-20-39/h1-36H. The van der Waals surface area contributed by atoms with Crippen LogP contribution in [0.1, 0.15) is 22.3 Å². The second-order valence-electron chi connectivity index (χ2n) is 16.8. The second kappa shape index (κ2) is 13.2. The lowest BCUT2D eigenvalue weighted by Crippen LogP contribution is -2.25. The van der Waals surface area contributed by atoms with Crippen molar-refractivity contribution in [3.8, 4) is 62.2 Å². The molecular formula is C59H36N4O. The summed E-state index contributed by atoms with van der Waals surface area (Å²) in [4.78, 5) is 13.1. The van der Waals surface area contributed by atoms with Crippen LogP contribution in [-0.4, -0.2) is 14.5 Å². The van der Waals surface area contributed by atoms with E-state index >= 15 is 0 Å². The van der Waals surface area contributed by atoms with Crippen molar-refractivity contribution < 1.29 is 4.74 Å². The van der Waals surface area contributed by atoms with Crippen LogP contribution < -0.4 is 9.64 Å². The summed E-state index contributed by atoms with van der Waals surface area (Å²) >= 11 is 0. The summed E-state index contributed by atoms with van der Waals surface area (Å²) < 4.78 is 9.25. The van der Waals surface area contributed by atoms with Crippen LogP contribution in [0, 0.1) is 0 Å². The van der Waals surface area contributed by atoms with E-state index in [1.807, 2.05) is 12.1 Å². The van der Waals surface area contributed by atoms with Gasteiger partial charge < -0.3 is 9.64 Å². The summed E-state index contributed by atoms with van der Waals surface area (Å²) in [7, 11) is 0. The van der Waals surface area contributed by atoms with Crippen LogP contribution >= 0.6 is 0 Å². The van der Waals surface area contributed by atoms with Crippen molar-refractivity contribution >= 4 is 38.9 Å². The van der Waals surface area contributed by atoms with Crippen molar-refractivity contribution in [2.45, 2.75) is 5.41 Å². The molecule has 0 radical (unpaired) electrons. The molecule has 0 bridgehead atoms. The van der Waals surface area contributed by atoms with E-state index in [1.54, 1.807) is 0 Å². The molecule has 0 saturated heterocycles. The first-order chi connectivity index (χ1) is 31.8. The summed E-state index contributed by atoms with van der Waals surface area (Å²) in [6, 6.07) is 78.1. The van der Waals surface area contributed by atoms with E-state index in [1.165, 1.54) is 44.5 Å². The fraction of sp³-hybridized carbons (Fsp3) is 0.0169. The highest BCUT2D eigenvalue weighted by atomic mass is 16.5. The van der Waals surface area contributed by atoms with Crippen molar-refractivity contribution in [1.29, 1.82) is 0 Å². The quantitative estimate of drug-likeness (QED) is 0.177. The third-order valence-electron chi connectivity index (χ3n) is 13.6. The Balaban J connectivity index is 1.02. The number of ether oxygens (including phenoxy) is 1.